The standard InChI is InChI=1S/C15H15N3O/c1-3-11(2)15(19)18-14-13(5-4-8-17-14)12-6-9-16-10-7-12/h3-11H,1H2,2H3,(H,17,18,19)/t11-/m1/s1. The summed E-state index contributed by atoms with van der Waals surface area (Å²) >= 11 is 0. The Balaban J connectivity index is 2.32. The third-order valence-electron chi connectivity index (χ3n) is 2.81. The number of anilines is 1. The molecule has 4 heteroatoms. The summed E-state index contributed by atoms with van der Waals surface area (Å²) in [6.45, 7) is 5.40. The van der Waals surface area contributed by atoms with Crippen molar-refractivity contribution < 1.29 is 4.79 Å². The van der Waals surface area contributed by atoms with E-state index in [1.54, 1.807) is 31.6 Å². The van der Waals surface area contributed by atoms with E-state index in [0.29, 0.717) is 5.82 Å². The molecule has 0 fully saturated rings. The third-order valence-corrected chi connectivity index (χ3v) is 2.81. The molecule has 1 amide bonds. The summed E-state index contributed by atoms with van der Waals surface area (Å²) in [5, 5.41) is 2.82. The largest absolute Gasteiger partial charge is 0.310 e. The molecule has 1 atom stereocenters. The highest BCUT2D eigenvalue weighted by Gasteiger charge is 2.12. The number of aromatic nitrogens is 2. The minimum Gasteiger partial charge on any atom is -0.310 e. The Morgan fingerprint density at radius 2 is 2.05 bits per heavy atom. The Morgan fingerprint density at radius 1 is 1.32 bits per heavy atom. The van der Waals surface area contributed by atoms with Gasteiger partial charge in [0.05, 0.1) is 5.92 Å². The molecule has 0 aliphatic carbocycles. The molecule has 0 aromatic carbocycles. The highest BCUT2D eigenvalue weighted by atomic mass is 16.1. The average Bonchev–Trinajstić information content (AvgIpc) is 2.47. The molecule has 0 saturated carbocycles. The van der Waals surface area contributed by atoms with E-state index in [-0.39, 0.29) is 11.8 Å². The molecule has 0 radical (unpaired) electrons. The van der Waals surface area contributed by atoms with Crippen molar-refractivity contribution in [2.75, 3.05) is 5.32 Å². The number of nitrogens with one attached hydrogen (secondary N) is 1. The van der Waals surface area contributed by atoms with Gasteiger partial charge < -0.3 is 5.32 Å². The van der Waals surface area contributed by atoms with E-state index < -0.39 is 0 Å². The lowest BCUT2D eigenvalue weighted by molar-refractivity contribution is -0.118. The minimum atomic E-state index is -0.257. The molecular weight excluding hydrogens is 238 g/mol. The second-order valence-corrected chi connectivity index (χ2v) is 4.15. The number of carbonyl (C=O) groups is 1. The van der Waals surface area contributed by atoms with Crippen LogP contribution in [0.5, 0.6) is 0 Å². The van der Waals surface area contributed by atoms with Crippen LogP contribution in [0.25, 0.3) is 11.1 Å². The van der Waals surface area contributed by atoms with Crippen molar-refractivity contribution in [3.8, 4) is 11.1 Å². The van der Waals surface area contributed by atoms with E-state index in [1.807, 2.05) is 24.3 Å². The third kappa shape index (κ3) is 3.04. The quantitative estimate of drug-likeness (QED) is 0.852. The smallest absolute Gasteiger partial charge is 0.232 e. The first-order chi connectivity index (χ1) is 9.22. The van der Waals surface area contributed by atoms with Crippen LogP contribution in [-0.4, -0.2) is 15.9 Å². The molecule has 0 aliphatic rings. The number of hydrogen-bond donors (Lipinski definition) is 1. The SMILES string of the molecule is C=C[C@@H](C)C(=O)Nc1ncccc1-c1ccncc1. The maximum Gasteiger partial charge on any atom is 0.232 e. The van der Waals surface area contributed by atoms with Gasteiger partial charge in [-0.2, -0.15) is 0 Å². The van der Waals surface area contributed by atoms with Crippen LogP contribution >= 0.6 is 0 Å². The first-order valence-electron chi connectivity index (χ1n) is 6.01. The zero-order valence-electron chi connectivity index (χ0n) is 10.7. The summed E-state index contributed by atoms with van der Waals surface area (Å²) in [5.74, 6) is 0.170. The Morgan fingerprint density at radius 3 is 2.74 bits per heavy atom. The average molecular weight is 253 g/mol. The van der Waals surface area contributed by atoms with Crippen LogP contribution in [-0.2, 0) is 4.79 Å². The van der Waals surface area contributed by atoms with Crippen molar-refractivity contribution in [3.63, 3.8) is 0 Å². The lowest BCUT2D eigenvalue weighted by Crippen LogP contribution is -2.19. The van der Waals surface area contributed by atoms with Crippen molar-refractivity contribution in [2.45, 2.75) is 6.92 Å². The van der Waals surface area contributed by atoms with Crippen LogP contribution in [0.4, 0.5) is 5.82 Å². The van der Waals surface area contributed by atoms with Crippen molar-refractivity contribution in [1.29, 1.82) is 0 Å². The highest BCUT2D eigenvalue weighted by molar-refractivity contribution is 5.96. The fraction of sp³-hybridized carbons (Fsp3) is 0.133. The van der Waals surface area contributed by atoms with Crippen molar-refractivity contribution in [1.82, 2.24) is 9.97 Å². The first-order valence-corrected chi connectivity index (χ1v) is 6.01. The summed E-state index contributed by atoms with van der Waals surface area (Å²) in [6.07, 6.45) is 6.67. The van der Waals surface area contributed by atoms with Crippen molar-refractivity contribution >= 4 is 11.7 Å². The molecule has 0 aliphatic heterocycles. The molecule has 0 spiro atoms. The Labute approximate surface area is 112 Å². The fourth-order valence-corrected chi connectivity index (χ4v) is 1.61. The zero-order valence-corrected chi connectivity index (χ0v) is 10.7. The number of carbonyl (C=O) groups excluding carboxylic acids is 1. The van der Waals surface area contributed by atoms with Gasteiger partial charge in [0, 0.05) is 24.2 Å². The lowest BCUT2D eigenvalue weighted by atomic mass is 10.1. The Kier molecular flexibility index (Phi) is 4.03. The van der Waals surface area contributed by atoms with Crippen molar-refractivity contribution in [2.24, 2.45) is 5.92 Å². The minimum absolute atomic E-state index is 0.121. The number of pyridine rings is 2. The van der Waals surface area contributed by atoms with E-state index in [0.717, 1.165) is 11.1 Å². The number of hydrogen-bond acceptors (Lipinski definition) is 3. The topological polar surface area (TPSA) is 54.9 Å². The summed E-state index contributed by atoms with van der Waals surface area (Å²) in [6, 6.07) is 7.51. The zero-order chi connectivity index (χ0) is 13.7. The van der Waals surface area contributed by atoms with Gasteiger partial charge in [-0.05, 0) is 29.8 Å². The molecule has 2 aromatic rings. The number of amides is 1. The van der Waals surface area contributed by atoms with Crippen LogP contribution in [0.3, 0.4) is 0 Å². The molecule has 2 aromatic heterocycles. The van der Waals surface area contributed by atoms with E-state index in [9.17, 15) is 4.79 Å². The van der Waals surface area contributed by atoms with Gasteiger partial charge in [0.2, 0.25) is 5.91 Å². The highest BCUT2D eigenvalue weighted by Crippen LogP contribution is 2.25. The van der Waals surface area contributed by atoms with Crippen LogP contribution in [0.1, 0.15) is 6.92 Å². The maximum absolute atomic E-state index is 11.9. The number of rotatable bonds is 4. The van der Waals surface area contributed by atoms with Crippen LogP contribution in [0, 0.1) is 5.92 Å². The Hall–Kier alpha value is -2.49. The molecule has 4 nitrogen and oxygen atoms in total. The molecule has 0 unspecified atom stereocenters. The maximum atomic E-state index is 11.9. The molecular formula is C15H15N3O. The molecule has 1 N–H and O–H groups in total. The van der Waals surface area contributed by atoms with Gasteiger partial charge in [-0.25, -0.2) is 4.98 Å². The molecule has 96 valence electrons. The van der Waals surface area contributed by atoms with Crippen LogP contribution < -0.4 is 5.32 Å². The summed E-state index contributed by atoms with van der Waals surface area (Å²) < 4.78 is 0. The normalized spacial score (nSPS) is 11.6. The van der Waals surface area contributed by atoms with Crippen LogP contribution in [0.15, 0.2) is 55.5 Å². The monoisotopic (exact) mass is 253 g/mol. The van der Waals surface area contributed by atoms with E-state index in [4.69, 9.17) is 0 Å². The molecule has 2 rings (SSSR count). The van der Waals surface area contributed by atoms with Gasteiger partial charge in [0.25, 0.3) is 0 Å². The lowest BCUT2D eigenvalue weighted by Gasteiger charge is -2.11. The fourth-order valence-electron chi connectivity index (χ4n) is 1.61. The van der Waals surface area contributed by atoms with Crippen LogP contribution in [0.2, 0.25) is 0 Å². The van der Waals surface area contributed by atoms with Crippen molar-refractivity contribution in [3.05, 3.63) is 55.5 Å². The second-order valence-electron chi connectivity index (χ2n) is 4.15. The van der Waals surface area contributed by atoms with E-state index >= 15 is 0 Å². The summed E-state index contributed by atoms with van der Waals surface area (Å²) in [5.41, 5.74) is 1.83. The van der Waals surface area contributed by atoms with E-state index in [1.165, 1.54) is 0 Å². The predicted molar refractivity (Wildman–Crippen MR) is 75.5 cm³/mol. The molecule has 0 saturated heterocycles. The van der Waals surface area contributed by atoms with Gasteiger partial charge in [0.1, 0.15) is 5.82 Å². The number of nitrogens with zero attached hydrogens (tertiary/aromatic N) is 2. The molecule has 0 bridgehead atoms. The molecule has 19 heavy (non-hydrogen) atoms. The Bertz CT molecular complexity index is 581. The van der Waals surface area contributed by atoms with E-state index in [2.05, 4.69) is 21.9 Å². The summed E-state index contributed by atoms with van der Waals surface area (Å²) in [7, 11) is 0. The first kappa shape index (κ1) is 13.0. The predicted octanol–water partition coefficient (Wildman–Crippen LogP) is 2.90. The van der Waals surface area contributed by atoms with Gasteiger partial charge in [-0.15, -0.1) is 6.58 Å². The second kappa shape index (κ2) is 5.91. The van der Waals surface area contributed by atoms with Gasteiger partial charge >= 0.3 is 0 Å². The summed E-state index contributed by atoms with van der Waals surface area (Å²) in [4.78, 5) is 20.1. The van der Waals surface area contributed by atoms with Gasteiger partial charge in [-0.1, -0.05) is 13.0 Å². The van der Waals surface area contributed by atoms with Gasteiger partial charge in [-0.3, -0.25) is 9.78 Å². The van der Waals surface area contributed by atoms with Gasteiger partial charge in [0.15, 0.2) is 0 Å². The molecule has 2 heterocycles.